The Morgan fingerprint density at radius 1 is 0.958 bits per heavy atom. The molecule has 1 aliphatic heterocycles. The SMILES string of the molecule is Cc1ccc(C(=O)Nc2cc(N3CCOCC3)ccc2C)cc1C. The predicted molar refractivity (Wildman–Crippen MR) is 98.1 cm³/mol. The maximum Gasteiger partial charge on any atom is 0.255 e. The zero-order chi connectivity index (χ0) is 17.1. The number of morpholine rings is 1. The van der Waals surface area contributed by atoms with Gasteiger partial charge in [-0.1, -0.05) is 12.1 Å². The van der Waals surface area contributed by atoms with Crippen LogP contribution in [-0.4, -0.2) is 32.2 Å². The quantitative estimate of drug-likeness (QED) is 0.936. The Hall–Kier alpha value is -2.33. The van der Waals surface area contributed by atoms with Crippen molar-refractivity contribution in [3.05, 3.63) is 58.7 Å². The summed E-state index contributed by atoms with van der Waals surface area (Å²) < 4.78 is 5.41. The first-order valence-corrected chi connectivity index (χ1v) is 8.36. The van der Waals surface area contributed by atoms with E-state index in [4.69, 9.17) is 4.74 Å². The monoisotopic (exact) mass is 324 g/mol. The largest absolute Gasteiger partial charge is 0.378 e. The zero-order valence-electron chi connectivity index (χ0n) is 14.6. The molecule has 126 valence electrons. The van der Waals surface area contributed by atoms with Crippen LogP contribution < -0.4 is 10.2 Å². The van der Waals surface area contributed by atoms with Crippen LogP contribution in [0.15, 0.2) is 36.4 Å². The van der Waals surface area contributed by atoms with Gasteiger partial charge in [0.1, 0.15) is 0 Å². The number of hydrogen-bond acceptors (Lipinski definition) is 3. The predicted octanol–water partition coefficient (Wildman–Crippen LogP) is 3.70. The molecule has 1 N–H and O–H groups in total. The van der Waals surface area contributed by atoms with E-state index in [9.17, 15) is 4.79 Å². The third kappa shape index (κ3) is 3.60. The number of hydrogen-bond donors (Lipinski definition) is 1. The van der Waals surface area contributed by atoms with Gasteiger partial charge in [-0.25, -0.2) is 0 Å². The first kappa shape index (κ1) is 16.5. The lowest BCUT2D eigenvalue weighted by Crippen LogP contribution is -2.36. The van der Waals surface area contributed by atoms with Gasteiger partial charge in [-0.2, -0.15) is 0 Å². The molecule has 2 aromatic carbocycles. The molecule has 4 heteroatoms. The summed E-state index contributed by atoms with van der Waals surface area (Å²) in [4.78, 5) is 14.9. The molecule has 1 heterocycles. The normalized spacial score (nSPS) is 14.5. The second-order valence-corrected chi connectivity index (χ2v) is 6.35. The molecular weight excluding hydrogens is 300 g/mol. The van der Waals surface area contributed by atoms with Gasteiger partial charge in [-0.15, -0.1) is 0 Å². The molecule has 1 amide bonds. The van der Waals surface area contributed by atoms with Gasteiger partial charge in [0.05, 0.1) is 13.2 Å². The second-order valence-electron chi connectivity index (χ2n) is 6.35. The number of nitrogens with one attached hydrogen (secondary N) is 1. The molecular formula is C20H24N2O2. The lowest BCUT2D eigenvalue weighted by atomic mass is 10.1. The lowest BCUT2D eigenvalue weighted by Gasteiger charge is -2.29. The molecule has 0 aromatic heterocycles. The third-order valence-electron chi connectivity index (χ3n) is 4.61. The van der Waals surface area contributed by atoms with E-state index in [-0.39, 0.29) is 5.91 Å². The Morgan fingerprint density at radius 2 is 1.67 bits per heavy atom. The van der Waals surface area contributed by atoms with Crippen LogP contribution in [0.2, 0.25) is 0 Å². The maximum atomic E-state index is 12.6. The number of benzene rings is 2. The summed E-state index contributed by atoms with van der Waals surface area (Å²) in [5, 5.41) is 3.06. The smallest absolute Gasteiger partial charge is 0.255 e. The van der Waals surface area contributed by atoms with Gasteiger partial charge in [0.25, 0.3) is 5.91 Å². The number of ether oxygens (including phenoxy) is 1. The van der Waals surface area contributed by atoms with E-state index in [1.165, 1.54) is 5.56 Å². The number of carbonyl (C=O) groups excluding carboxylic acids is 1. The van der Waals surface area contributed by atoms with Crippen LogP contribution >= 0.6 is 0 Å². The van der Waals surface area contributed by atoms with Crippen molar-refractivity contribution in [1.29, 1.82) is 0 Å². The topological polar surface area (TPSA) is 41.6 Å². The number of amides is 1. The summed E-state index contributed by atoms with van der Waals surface area (Å²) in [5.41, 5.74) is 6.05. The standard InChI is InChI=1S/C20H24N2O2/c1-14-4-6-17(12-16(14)3)20(23)21-19-13-18(7-5-15(19)2)22-8-10-24-11-9-22/h4-7,12-13H,8-11H2,1-3H3,(H,21,23). The van der Waals surface area contributed by atoms with E-state index in [1.807, 2.05) is 39.0 Å². The van der Waals surface area contributed by atoms with E-state index in [0.717, 1.165) is 48.8 Å². The Balaban J connectivity index is 1.80. The molecule has 1 aliphatic rings. The van der Waals surface area contributed by atoms with E-state index in [1.54, 1.807) is 0 Å². The number of nitrogens with zero attached hydrogens (tertiary/aromatic N) is 1. The molecule has 4 nitrogen and oxygen atoms in total. The molecule has 0 atom stereocenters. The zero-order valence-corrected chi connectivity index (χ0v) is 14.6. The van der Waals surface area contributed by atoms with Crippen molar-refractivity contribution < 1.29 is 9.53 Å². The van der Waals surface area contributed by atoms with Crippen LogP contribution in [0, 0.1) is 20.8 Å². The molecule has 2 aromatic rings. The van der Waals surface area contributed by atoms with Crippen molar-refractivity contribution in [1.82, 2.24) is 0 Å². The molecule has 24 heavy (non-hydrogen) atoms. The fraction of sp³-hybridized carbons (Fsp3) is 0.350. The van der Waals surface area contributed by atoms with Gasteiger partial charge < -0.3 is 15.0 Å². The summed E-state index contributed by atoms with van der Waals surface area (Å²) in [5.74, 6) is -0.0691. The van der Waals surface area contributed by atoms with Gasteiger partial charge in [0, 0.05) is 30.0 Å². The van der Waals surface area contributed by atoms with Gasteiger partial charge in [0.15, 0.2) is 0 Å². The van der Waals surface area contributed by atoms with Crippen LogP contribution in [-0.2, 0) is 4.74 Å². The average Bonchev–Trinajstić information content (AvgIpc) is 2.60. The van der Waals surface area contributed by atoms with Crippen LogP contribution in [0.25, 0.3) is 0 Å². The van der Waals surface area contributed by atoms with E-state index < -0.39 is 0 Å². The van der Waals surface area contributed by atoms with Crippen molar-refractivity contribution in [2.45, 2.75) is 20.8 Å². The molecule has 3 rings (SSSR count). The van der Waals surface area contributed by atoms with Gasteiger partial charge >= 0.3 is 0 Å². The minimum absolute atomic E-state index is 0.0691. The summed E-state index contributed by atoms with van der Waals surface area (Å²) in [7, 11) is 0. The lowest BCUT2D eigenvalue weighted by molar-refractivity contribution is 0.102. The van der Waals surface area contributed by atoms with Crippen molar-refractivity contribution in [3.63, 3.8) is 0 Å². The molecule has 1 fully saturated rings. The van der Waals surface area contributed by atoms with Crippen LogP contribution in [0.3, 0.4) is 0 Å². The number of anilines is 2. The molecule has 0 radical (unpaired) electrons. The Morgan fingerprint density at radius 3 is 2.38 bits per heavy atom. The second kappa shape index (κ2) is 7.05. The van der Waals surface area contributed by atoms with Crippen LogP contribution in [0.4, 0.5) is 11.4 Å². The molecule has 0 spiro atoms. The Kier molecular flexibility index (Phi) is 4.86. The molecule has 0 aliphatic carbocycles. The van der Waals surface area contributed by atoms with Crippen LogP contribution in [0.5, 0.6) is 0 Å². The summed E-state index contributed by atoms with van der Waals surface area (Å²) in [6.07, 6.45) is 0. The van der Waals surface area contributed by atoms with E-state index >= 15 is 0 Å². The highest BCUT2D eigenvalue weighted by molar-refractivity contribution is 6.05. The number of aryl methyl sites for hydroxylation is 3. The fourth-order valence-electron chi connectivity index (χ4n) is 2.84. The van der Waals surface area contributed by atoms with Gasteiger partial charge in [0.2, 0.25) is 0 Å². The average molecular weight is 324 g/mol. The first-order valence-electron chi connectivity index (χ1n) is 8.36. The third-order valence-corrected chi connectivity index (χ3v) is 4.61. The van der Waals surface area contributed by atoms with Crippen molar-refractivity contribution in [2.75, 3.05) is 36.5 Å². The minimum atomic E-state index is -0.0691. The first-order chi connectivity index (χ1) is 11.5. The van der Waals surface area contributed by atoms with Gasteiger partial charge in [-0.05, 0) is 61.7 Å². The molecule has 0 bridgehead atoms. The molecule has 0 unspecified atom stereocenters. The van der Waals surface area contributed by atoms with Crippen molar-refractivity contribution >= 4 is 17.3 Å². The number of carbonyl (C=O) groups is 1. The highest BCUT2D eigenvalue weighted by Crippen LogP contribution is 2.25. The Bertz CT molecular complexity index is 749. The number of rotatable bonds is 3. The van der Waals surface area contributed by atoms with E-state index in [2.05, 4.69) is 28.4 Å². The highest BCUT2D eigenvalue weighted by atomic mass is 16.5. The minimum Gasteiger partial charge on any atom is -0.378 e. The highest BCUT2D eigenvalue weighted by Gasteiger charge is 2.14. The summed E-state index contributed by atoms with van der Waals surface area (Å²) in [6.45, 7) is 9.35. The fourth-order valence-corrected chi connectivity index (χ4v) is 2.84. The van der Waals surface area contributed by atoms with Crippen LogP contribution in [0.1, 0.15) is 27.0 Å². The molecule has 1 saturated heterocycles. The molecule has 0 saturated carbocycles. The van der Waals surface area contributed by atoms with Gasteiger partial charge in [-0.3, -0.25) is 4.79 Å². The maximum absolute atomic E-state index is 12.6. The Labute approximate surface area is 143 Å². The summed E-state index contributed by atoms with van der Waals surface area (Å²) in [6, 6.07) is 12.0. The van der Waals surface area contributed by atoms with E-state index in [0.29, 0.717) is 5.56 Å². The van der Waals surface area contributed by atoms with Crippen molar-refractivity contribution in [2.24, 2.45) is 0 Å². The summed E-state index contributed by atoms with van der Waals surface area (Å²) >= 11 is 0. The van der Waals surface area contributed by atoms with Crippen molar-refractivity contribution in [3.8, 4) is 0 Å².